The smallest absolute Gasteiger partial charge is 0.247 e. The molecule has 3 fully saturated rings. The maximum absolute atomic E-state index is 15.1. The van der Waals surface area contributed by atoms with Gasteiger partial charge in [-0.3, -0.25) is 19.4 Å². The van der Waals surface area contributed by atoms with Crippen molar-refractivity contribution >= 4 is 57.8 Å². The molecule has 1 unspecified atom stereocenters. The summed E-state index contributed by atoms with van der Waals surface area (Å²) in [6.07, 6.45) is 5.25. The van der Waals surface area contributed by atoms with Crippen LogP contribution >= 0.6 is 23.2 Å². The Kier molecular flexibility index (Phi) is 11.1. The van der Waals surface area contributed by atoms with Crippen LogP contribution < -0.4 is 25.3 Å². The summed E-state index contributed by atoms with van der Waals surface area (Å²) in [5.74, 6) is 0.543. The molecule has 3 aliphatic heterocycles. The van der Waals surface area contributed by atoms with Crippen LogP contribution in [0.4, 0.5) is 33.1 Å². The maximum atomic E-state index is 15.1. The molecule has 2 aromatic carbocycles. The number of aromatic nitrogens is 2. The van der Waals surface area contributed by atoms with Crippen LogP contribution in [0.15, 0.2) is 49.3 Å². The van der Waals surface area contributed by atoms with E-state index in [1.807, 2.05) is 12.1 Å². The molecule has 1 atom stereocenters. The summed E-state index contributed by atoms with van der Waals surface area (Å²) in [5, 5.41) is 7.88. The molecule has 2 N–H and O–H groups in total. The van der Waals surface area contributed by atoms with E-state index in [0.29, 0.717) is 59.4 Å². The summed E-state index contributed by atoms with van der Waals surface area (Å²) in [4.78, 5) is 34.8. The minimum absolute atomic E-state index is 0.129. The largest absolute Gasteiger partial charge is 0.494 e. The molecule has 6 rings (SSSR count). The number of piperidine rings is 1. The van der Waals surface area contributed by atoms with Gasteiger partial charge in [-0.25, -0.2) is 19.4 Å². The second-order valence-corrected chi connectivity index (χ2v) is 13.5. The summed E-state index contributed by atoms with van der Waals surface area (Å²) in [6, 6.07) is 9.32. The molecule has 0 saturated carbocycles. The van der Waals surface area contributed by atoms with E-state index in [2.05, 4.69) is 55.7 Å². The number of halogens is 3. The number of benzene rings is 2. The van der Waals surface area contributed by atoms with E-state index in [1.54, 1.807) is 30.4 Å². The molecule has 49 heavy (non-hydrogen) atoms. The number of amides is 1. The minimum atomic E-state index is -0.588. The average Bonchev–Trinajstić information content (AvgIpc) is 3.61. The number of hydrogen-bond donors (Lipinski definition) is 2. The van der Waals surface area contributed by atoms with Gasteiger partial charge in [0.05, 0.1) is 46.9 Å². The Morgan fingerprint density at radius 2 is 1.82 bits per heavy atom. The standard InChI is InChI=1S/C35H43Cl2FN8O3/c1-5-33(47)42-26-18-27(30(48-4)19-29(26)45-11-8-23(9-12-45)44-15-13-43(14-16-44)22(2)3)41-31-20-32(40-21-39-31)46-28(10-17-49-46)24-6-7-25(36)34(37)35(24)38/h5-7,18-23,28H,1,8-17H2,2-4H3,(H,42,47)(H,39,40,41). The lowest BCUT2D eigenvalue weighted by atomic mass is 10.0. The number of hydroxylamine groups is 1. The molecule has 4 heterocycles. The summed E-state index contributed by atoms with van der Waals surface area (Å²) in [7, 11) is 1.61. The van der Waals surface area contributed by atoms with Crippen LogP contribution in [0, 0.1) is 5.82 Å². The lowest BCUT2D eigenvalue weighted by Gasteiger charge is -2.44. The third-order valence-corrected chi connectivity index (χ3v) is 10.4. The zero-order valence-corrected chi connectivity index (χ0v) is 29.6. The van der Waals surface area contributed by atoms with Gasteiger partial charge in [-0.15, -0.1) is 0 Å². The molecule has 3 saturated heterocycles. The van der Waals surface area contributed by atoms with Crippen LogP contribution in [0.1, 0.15) is 44.7 Å². The van der Waals surface area contributed by atoms with E-state index < -0.39 is 11.9 Å². The van der Waals surface area contributed by atoms with E-state index in [4.69, 9.17) is 32.8 Å². The van der Waals surface area contributed by atoms with E-state index in [-0.39, 0.29) is 16.0 Å². The Labute approximate surface area is 296 Å². The number of ether oxygens (including phenoxy) is 1. The molecule has 0 spiro atoms. The molecule has 0 bridgehead atoms. The molecular formula is C35H43Cl2FN8O3. The first-order chi connectivity index (χ1) is 23.7. The average molecular weight is 714 g/mol. The van der Waals surface area contributed by atoms with Crippen LogP contribution in [0.3, 0.4) is 0 Å². The molecule has 3 aliphatic rings. The molecule has 0 aliphatic carbocycles. The highest BCUT2D eigenvalue weighted by Crippen LogP contribution is 2.41. The van der Waals surface area contributed by atoms with Crippen molar-refractivity contribution in [1.82, 2.24) is 19.8 Å². The first-order valence-corrected chi connectivity index (χ1v) is 17.5. The number of rotatable bonds is 10. The van der Waals surface area contributed by atoms with Crippen molar-refractivity contribution < 1.29 is 18.8 Å². The third-order valence-electron chi connectivity index (χ3n) is 9.63. The highest BCUT2D eigenvalue weighted by atomic mass is 35.5. The van der Waals surface area contributed by atoms with Gasteiger partial charge in [0.25, 0.3) is 0 Å². The molecular weight excluding hydrogens is 670 g/mol. The SMILES string of the molecule is C=CC(=O)Nc1cc(Nc2cc(N3OCCC3c3ccc(Cl)c(Cl)c3F)ncn2)c(OC)cc1N1CCC(N2CCN(C(C)C)CC2)CC1. The summed E-state index contributed by atoms with van der Waals surface area (Å²) < 4.78 is 21.0. The highest BCUT2D eigenvalue weighted by Gasteiger charge is 2.33. The van der Waals surface area contributed by atoms with Crippen LogP contribution in [-0.4, -0.2) is 90.7 Å². The van der Waals surface area contributed by atoms with Crippen LogP contribution in [0.5, 0.6) is 5.75 Å². The zero-order chi connectivity index (χ0) is 34.7. The number of piperazine rings is 1. The molecule has 0 radical (unpaired) electrons. The number of nitrogens with zero attached hydrogens (tertiary/aromatic N) is 6. The Bertz CT molecular complexity index is 1660. The molecule has 14 heteroatoms. The zero-order valence-electron chi connectivity index (χ0n) is 28.1. The number of hydrogen-bond acceptors (Lipinski definition) is 10. The number of methoxy groups -OCH3 is 1. The van der Waals surface area contributed by atoms with Gasteiger partial charge < -0.3 is 20.3 Å². The monoisotopic (exact) mass is 712 g/mol. The summed E-state index contributed by atoms with van der Waals surface area (Å²) in [5.41, 5.74) is 2.45. The maximum Gasteiger partial charge on any atom is 0.247 e. The van der Waals surface area contributed by atoms with Gasteiger partial charge in [0, 0.05) is 75.5 Å². The third kappa shape index (κ3) is 7.73. The number of carbonyl (C=O) groups excluding carboxylic acids is 1. The predicted octanol–water partition coefficient (Wildman–Crippen LogP) is 6.68. The topological polar surface area (TPSA) is 98.3 Å². The van der Waals surface area contributed by atoms with Crippen molar-refractivity contribution in [2.24, 2.45) is 0 Å². The van der Waals surface area contributed by atoms with Gasteiger partial charge in [-0.2, -0.15) is 0 Å². The van der Waals surface area contributed by atoms with Crippen LogP contribution in [0.25, 0.3) is 0 Å². The van der Waals surface area contributed by atoms with Crippen molar-refractivity contribution in [3.05, 3.63) is 70.7 Å². The van der Waals surface area contributed by atoms with Gasteiger partial charge in [0.15, 0.2) is 5.82 Å². The Hall–Kier alpha value is -3.68. The van der Waals surface area contributed by atoms with Crippen LogP contribution in [0.2, 0.25) is 10.0 Å². The molecule has 1 amide bonds. The fourth-order valence-corrected chi connectivity index (χ4v) is 7.24. The van der Waals surface area contributed by atoms with Crippen molar-refractivity contribution in [3.8, 4) is 5.75 Å². The Morgan fingerprint density at radius 3 is 2.51 bits per heavy atom. The van der Waals surface area contributed by atoms with E-state index >= 15 is 4.39 Å². The summed E-state index contributed by atoms with van der Waals surface area (Å²) in [6.45, 7) is 14.7. The molecule has 1 aromatic heterocycles. The molecule has 11 nitrogen and oxygen atoms in total. The lowest BCUT2D eigenvalue weighted by molar-refractivity contribution is -0.111. The van der Waals surface area contributed by atoms with Crippen molar-refractivity contribution in [3.63, 3.8) is 0 Å². The predicted molar refractivity (Wildman–Crippen MR) is 193 cm³/mol. The van der Waals surface area contributed by atoms with E-state index in [0.717, 1.165) is 57.8 Å². The molecule has 262 valence electrons. The van der Waals surface area contributed by atoms with Gasteiger partial charge in [0.1, 0.15) is 23.7 Å². The van der Waals surface area contributed by atoms with E-state index in [1.165, 1.54) is 12.4 Å². The number of nitrogens with one attached hydrogen (secondary N) is 2. The summed E-state index contributed by atoms with van der Waals surface area (Å²) >= 11 is 12.1. The van der Waals surface area contributed by atoms with Crippen molar-refractivity contribution in [2.45, 2.75) is 51.2 Å². The van der Waals surface area contributed by atoms with Crippen LogP contribution in [-0.2, 0) is 9.63 Å². The van der Waals surface area contributed by atoms with Crippen molar-refractivity contribution in [1.29, 1.82) is 0 Å². The number of anilines is 5. The normalized spacial score (nSPS) is 19.4. The first kappa shape index (κ1) is 35.2. The van der Waals surface area contributed by atoms with Gasteiger partial charge in [0.2, 0.25) is 5.91 Å². The molecule has 3 aromatic rings. The number of carbonyl (C=O) groups is 1. The van der Waals surface area contributed by atoms with E-state index in [9.17, 15) is 4.79 Å². The Balaban J connectivity index is 1.21. The second kappa shape index (κ2) is 15.5. The second-order valence-electron chi connectivity index (χ2n) is 12.8. The lowest BCUT2D eigenvalue weighted by Crippen LogP contribution is -2.54. The van der Waals surface area contributed by atoms with Gasteiger partial charge >= 0.3 is 0 Å². The Morgan fingerprint density at radius 1 is 1.06 bits per heavy atom. The van der Waals surface area contributed by atoms with Crippen molar-refractivity contribution in [2.75, 3.05) is 73.6 Å². The quantitative estimate of drug-likeness (QED) is 0.175. The fourth-order valence-electron chi connectivity index (χ4n) is 6.92. The highest BCUT2D eigenvalue weighted by molar-refractivity contribution is 6.42. The minimum Gasteiger partial charge on any atom is -0.494 e. The van der Waals surface area contributed by atoms with Gasteiger partial charge in [-0.05, 0) is 44.9 Å². The fraction of sp³-hybridized carbons (Fsp3) is 0.457. The van der Waals surface area contributed by atoms with Gasteiger partial charge in [-0.1, -0.05) is 35.8 Å². The first-order valence-electron chi connectivity index (χ1n) is 16.7.